The van der Waals surface area contributed by atoms with Crippen LogP contribution < -0.4 is 5.32 Å². The zero-order valence-electron chi connectivity index (χ0n) is 9.49. The molecular weight excluding hydrogens is 194 g/mol. The number of thioether (sulfide) groups is 1. The molecule has 1 saturated carbocycles. The van der Waals surface area contributed by atoms with Gasteiger partial charge < -0.3 is 10.4 Å². The monoisotopic (exact) mass is 217 g/mol. The van der Waals surface area contributed by atoms with Crippen molar-refractivity contribution in [2.24, 2.45) is 5.92 Å². The summed E-state index contributed by atoms with van der Waals surface area (Å²) in [5.74, 6) is 1.56. The van der Waals surface area contributed by atoms with E-state index in [1.165, 1.54) is 12.8 Å². The third-order valence-electron chi connectivity index (χ3n) is 2.71. The molecule has 0 amide bonds. The first-order chi connectivity index (χ1) is 6.59. The molecule has 2 nitrogen and oxygen atoms in total. The maximum absolute atomic E-state index is 9.67. The van der Waals surface area contributed by atoms with Gasteiger partial charge >= 0.3 is 0 Å². The predicted molar refractivity (Wildman–Crippen MR) is 63.8 cm³/mol. The number of aliphatic hydroxyl groups is 1. The first-order valence-electron chi connectivity index (χ1n) is 5.62. The summed E-state index contributed by atoms with van der Waals surface area (Å²) in [6.45, 7) is 7.46. The van der Waals surface area contributed by atoms with E-state index in [0.717, 1.165) is 12.3 Å². The summed E-state index contributed by atoms with van der Waals surface area (Å²) in [5, 5.41) is 13.7. The average molecular weight is 217 g/mol. The van der Waals surface area contributed by atoms with Crippen LogP contribution in [0.25, 0.3) is 0 Å². The quantitative estimate of drug-likeness (QED) is 0.683. The van der Waals surface area contributed by atoms with E-state index >= 15 is 0 Å². The average Bonchev–Trinajstić information content (AvgIpc) is 2.94. The molecule has 0 aromatic rings. The van der Waals surface area contributed by atoms with Gasteiger partial charge in [-0.25, -0.2) is 0 Å². The summed E-state index contributed by atoms with van der Waals surface area (Å²) < 4.78 is 0. The normalized spacial score (nSPS) is 21.2. The van der Waals surface area contributed by atoms with Crippen LogP contribution in [0.3, 0.4) is 0 Å². The van der Waals surface area contributed by atoms with Gasteiger partial charge in [-0.2, -0.15) is 11.8 Å². The Morgan fingerprint density at radius 2 is 2.00 bits per heavy atom. The molecule has 0 aromatic carbocycles. The number of nitrogens with one attached hydrogen (secondary N) is 1. The van der Waals surface area contributed by atoms with Crippen molar-refractivity contribution in [1.29, 1.82) is 0 Å². The molecule has 2 unspecified atom stereocenters. The van der Waals surface area contributed by atoms with E-state index in [1.54, 1.807) is 0 Å². The zero-order chi connectivity index (χ0) is 10.6. The summed E-state index contributed by atoms with van der Waals surface area (Å²) in [5.41, 5.74) is 0. The molecule has 1 aliphatic rings. The van der Waals surface area contributed by atoms with Gasteiger partial charge in [0.1, 0.15) is 0 Å². The molecule has 0 aromatic heterocycles. The second-order valence-electron chi connectivity index (χ2n) is 4.62. The maximum atomic E-state index is 9.67. The summed E-state index contributed by atoms with van der Waals surface area (Å²) in [4.78, 5) is 0. The Labute approximate surface area is 91.9 Å². The predicted octanol–water partition coefficient (Wildman–Crippen LogP) is 1.88. The number of rotatable bonds is 7. The zero-order valence-corrected chi connectivity index (χ0v) is 10.3. The van der Waals surface area contributed by atoms with Crippen LogP contribution in [-0.4, -0.2) is 34.8 Å². The van der Waals surface area contributed by atoms with E-state index in [1.807, 2.05) is 11.8 Å². The molecule has 1 rings (SSSR count). The molecule has 0 heterocycles. The Balaban J connectivity index is 1.98. The minimum atomic E-state index is -0.179. The molecular formula is C11H23NOS. The molecule has 14 heavy (non-hydrogen) atoms. The van der Waals surface area contributed by atoms with Crippen molar-refractivity contribution >= 4 is 11.8 Å². The third kappa shape index (κ3) is 5.23. The van der Waals surface area contributed by atoms with Crippen molar-refractivity contribution in [3.8, 4) is 0 Å². The highest BCUT2D eigenvalue weighted by Gasteiger charge is 2.21. The summed E-state index contributed by atoms with van der Waals surface area (Å²) >= 11 is 1.87. The van der Waals surface area contributed by atoms with Gasteiger partial charge in [0.15, 0.2) is 0 Å². The van der Waals surface area contributed by atoms with Gasteiger partial charge in [-0.15, -0.1) is 0 Å². The van der Waals surface area contributed by atoms with Crippen LogP contribution in [0.4, 0.5) is 0 Å². The van der Waals surface area contributed by atoms with Crippen LogP contribution in [0.15, 0.2) is 0 Å². The van der Waals surface area contributed by atoms with Crippen molar-refractivity contribution < 1.29 is 5.11 Å². The van der Waals surface area contributed by atoms with E-state index < -0.39 is 0 Å². The van der Waals surface area contributed by atoms with Crippen LogP contribution >= 0.6 is 11.8 Å². The van der Waals surface area contributed by atoms with Crippen molar-refractivity contribution in [3.05, 3.63) is 0 Å². The lowest BCUT2D eigenvalue weighted by atomic mass is 10.2. The number of hydrogen-bond donors (Lipinski definition) is 2. The Bertz CT molecular complexity index is 159. The Hall–Kier alpha value is 0.270. The minimum Gasteiger partial charge on any atom is -0.391 e. The fourth-order valence-electron chi connectivity index (χ4n) is 1.10. The molecule has 2 N–H and O–H groups in total. The summed E-state index contributed by atoms with van der Waals surface area (Å²) in [6.07, 6.45) is 2.41. The van der Waals surface area contributed by atoms with Crippen LogP contribution in [0.1, 0.15) is 33.6 Å². The molecule has 1 aliphatic carbocycles. The van der Waals surface area contributed by atoms with Crippen LogP contribution in [0.2, 0.25) is 0 Å². The Morgan fingerprint density at radius 3 is 2.50 bits per heavy atom. The third-order valence-corrected chi connectivity index (χ3v) is 4.36. The van der Waals surface area contributed by atoms with Gasteiger partial charge in [0.2, 0.25) is 0 Å². The van der Waals surface area contributed by atoms with Gasteiger partial charge in [-0.3, -0.25) is 0 Å². The largest absolute Gasteiger partial charge is 0.391 e. The van der Waals surface area contributed by atoms with Crippen LogP contribution in [0.5, 0.6) is 0 Å². The lowest BCUT2D eigenvalue weighted by Crippen LogP contribution is -2.30. The van der Waals surface area contributed by atoms with E-state index in [0.29, 0.717) is 17.2 Å². The fraction of sp³-hybridized carbons (Fsp3) is 1.00. The number of hydrogen-bond acceptors (Lipinski definition) is 3. The molecule has 0 radical (unpaired) electrons. The molecule has 2 atom stereocenters. The lowest BCUT2D eigenvalue weighted by molar-refractivity contribution is 0.195. The first-order valence-corrected chi connectivity index (χ1v) is 6.67. The molecule has 0 bridgehead atoms. The first kappa shape index (κ1) is 12.3. The lowest BCUT2D eigenvalue weighted by Gasteiger charge is -2.17. The molecule has 3 heteroatoms. The molecule has 0 aliphatic heterocycles. The molecule has 1 fully saturated rings. The van der Waals surface area contributed by atoms with Crippen molar-refractivity contribution in [2.45, 2.75) is 51.0 Å². The van der Waals surface area contributed by atoms with E-state index in [-0.39, 0.29) is 6.10 Å². The second-order valence-corrected chi connectivity index (χ2v) is 6.03. The summed E-state index contributed by atoms with van der Waals surface area (Å²) in [6, 6.07) is 0.706. The van der Waals surface area contributed by atoms with Crippen molar-refractivity contribution in [2.75, 3.05) is 12.3 Å². The maximum Gasteiger partial charge on any atom is 0.0755 e. The Morgan fingerprint density at radius 1 is 1.36 bits per heavy atom. The molecule has 84 valence electrons. The van der Waals surface area contributed by atoms with Gasteiger partial charge in [0.05, 0.1) is 6.10 Å². The van der Waals surface area contributed by atoms with Gasteiger partial charge in [-0.05, 0) is 18.8 Å². The smallest absolute Gasteiger partial charge is 0.0755 e. The van der Waals surface area contributed by atoms with Crippen LogP contribution in [-0.2, 0) is 0 Å². The van der Waals surface area contributed by atoms with Gasteiger partial charge in [-0.1, -0.05) is 20.8 Å². The highest BCUT2D eigenvalue weighted by Crippen LogP contribution is 2.20. The van der Waals surface area contributed by atoms with E-state index in [2.05, 4.69) is 26.1 Å². The van der Waals surface area contributed by atoms with Crippen LogP contribution in [0, 0.1) is 5.92 Å². The standard InChI is InChI=1S/C11H23NOS/c1-8(2)9(3)14-7-11(13)6-12-10-4-5-10/h8-13H,4-7H2,1-3H3. The van der Waals surface area contributed by atoms with Gasteiger partial charge in [0, 0.05) is 23.6 Å². The minimum absolute atomic E-state index is 0.179. The van der Waals surface area contributed by atoms with E-state index in [9.17, 15) is 5.11 Å². The van der Waals surface area contributed by atoms with Crippen molar-refractivity contribution in [1.82, 2.24) is 5.32 Å². The topological polar surface area (TPSA) is 32.3 Å². The highest BCUT2D eigenvalue weighted by atomic mass is 32.2. The SMILES string of the molecule is CC(C)C(C)SCC(O)CNC1CC1. The summed E-state index contributed by atoms with van der Waals surface area (Å²) in [7, 11) is 0. The van der Waals surface area contributed by atoms with Gasteiger partial charge in [0.25, 0.3) is 0 Å². The second kappa shape index (κ2) is 5.99. The van der Waals surface area contributed by atoms with Crippen molar-refractivity contribution in [3.63, 3.8) is 0 Å². The number of aliphatic hydroxyl groups excluding tert-OH is 1. The fourth-order valence-corrected chi connectivity index (χ4v) is 2.13. The molecule has 0 saturated heterocycles. The molecule has 0 spiro atoms. The highest BCUT2D eigenvalue weighted by molar-refractivity contribution is 7.99. The Kier molecular flexibility index (Phi) is 5.28. The van der Waals surface area contributed by atoms with E-state index in [4.69, 9.17) is 0 Å².